The van der Waals surface area contributed by atoms with E-state index in [2.05, 4.69) is 48.4 Å². The summed E-state index contributed by atoms with van der Waals surface area (Å²) in [5.41, 5.74) is 2.52. The average Bonchev–Trinajstić information content (AvgIpc) is 2.40. The number of aromatic nitrogens is 1. The molecule has 2 rings (SSSR count). The summed E-state index contributed by atoms with van der Waals surface area (Å²) in [5, 5.41) is 3.36. The van der Waals surface area contributed by atoms with Gasteiger partial charge in [0.05, 0.1) is 13.3 Å². The third kappa shape index (κ3) is 3.00. The van der Waals surface area contributed by atoms with Crippen molar-refractivity contribution in [1.82, 2.24) is 4.98 Å². The maximum Gasteiger partial charge on any atom is 0.137 e. The first-order valence-corrected chi connectivity index (χ1v) is 6.02. The lowest BCUT2D eigenvalue weighted by Crippen LogP contribution is -2.07. The summed E-state index contributed by atoms with van der Waals surface area (Å²) in [7, 11) is 1.64. The molecule has 1 unspecified atom stereocenters. The topological polar surface area (TPSA) is 34.1 Å². The van der Waals surface area contributed by atoms with E-state index in [1.807, 2.05) is 12.1 Å². The van der Waals surface area contributed by atoms with E-state index in [9.17, 15) is 0 Å². The van der Waals surface area contributed by atoms with Crippen LogP contribution in [-0.2, 0) is 0 Å². The van der Waals surface area contributed by atoms with Crippen LogP contribution in [0.25, 0.3) is 0 Å². The molecule has 1 aromatic heterocycles. The number of hydrogen-bond acceptors (Lipinski definition) is 3. The molecule has 1 atom stereocenters. The second-order valence-corrected chi connectivity index (χ2v) is 4.36. The summed E-state index contributed by atoms with van der Waals surface area (Å²) < 4.78 is 5.08. The first kappa shape index (κ1) is 12.4. The third-order valence-electron chi connectivity index (χ3n) is 2.91. The van der Waals surface area contributed by atoms with Crippen molar-refractivity contribution < 1.29 is 4.74 Å². The van der Waals surface area contributed by atoms with Gasteiger partial charge in [-0.05, 0) is 31.5 Å². The van der Waals surface area contributed by atoms with E-state index < -0.39 is 0 Å². The molecule has 0 aliphatic carbocycles. The molecule has 0 radical (unpaired) electrons. The minimum atomic E-state index is 0.228. The summed E-state index contributed by atoms with van der Waals surface area (Å²) in [5.74, 6) is 1.62. The van der Waals surface area contributed by atoms with Gasteiger partial charge in [0.1, 0.15) is 11.6 Å². The van der Waals surface area contributed by atoms with Gasteiger partial charge in [0.15, 0.2) is 0 Å². The number of nitrogens with zero attached hydrogens (tertiary/aromatic N) is 1. The van der Waals surface area contributed by atoms with Gasteiger partial charge in [0, 0.05) is 6.04 Å². The second-order valence-electron chi connectivity index (χ2n) is 4.36. The minimum absolute atomic E-state index is 0.228. The number of benzene rings is 1. The van der Waals surface area contributed by atoms with Crippen LogP contribution >= 0.6 is 0 Å². The molecule has 18 heavy (non-hydrogen) atoms. The van der Waals surface area contributed by atoms with E-state index in [-0.39, 0.29) is 6.04 Å². The van der Waals surface area contributed by atoms with Gasteiger partial charge in [-0.15, -0.1) is 0 Å². The number of rotatable bonds is 4. The minimum Gasteiger partial charge on any atom is -0.495 e. The molecule has 0 bridgehead atoms. The van der Waals surface area contributed by atoms with E-state index in [0.717, 1.165) is 11.6 Å². The molecule has 1 aromatic carbocycles. The Morgan fingerprint density at radius 2 is 1.83 bits per heavy atom. The van der Waals surface area contributed by atoms with Crippen LogP contribution in [0.4, 0.5) is 5.82 Å². The molecule has 1 N–H and O–H groups in total. The van der Waals surface area contributed by atoms with E-state index in [0.29, 0.717) is 0 Å². The lowest BCUT2D eigenvalue weighted by molar-refractivity contribution is 0.413. The fourth-order valence-corrected chi connectivity index (χ4v) is 1.75. The number of methoxy groups -OCH3 is 1. The summed E-state index contributed by atoms with van der Waals surface area (Å²) in [4.78, 5) is 4.30. The Hall–Kier alpha value is -2.03. The first-order valence-electron chi connectivity index (χ1n) is 6.02. The molecule has 3 heteroatoms. The van der Waals surface area contributed by atoms with Crippen molar-refractivity contribution in [3.63, 3.8) is 0 Å². The van der Waals surface area contributed by atoms with Gasteiger partial charge in [0.25, 0.3) is 0 Å². The van der Waals surface area contributed by atoms with Crippen LogP contribution in [0.2, 0.25) is 0 Å². The summed E-state index contributed by atoms with van der Waals surface area (Å²) in [6, 6.07) is 12.6. The molecule has 0 fully saturated rings. The van der Waals surface area contributed by atoms with E-state index in [1.54, 1.807) is 13.3 Å². The van der Waals surface area contributed by atoms with Crippen LogP contribution in [-0.4, -0.2) is 12.1 Å². The fourth-order valence-electron chi connectivity index (χ4n) is 1.75. The van der Waals surface area contributed by atoms with Crippen molar-refractivity contribution in [3.8, 4) is 5.75 Å². The van der Waals surface area contributed by atoms with Crippen molar-refractivity contribution in [1.29, 1.82) is 0 Å². The van der Waals surface area contributed by atoms with Crippen molar-refractivity contribution >= 4 is 5.82 Å². The van der Waals surface area contributed by atoms with Crippen molar-refractivity contribution in [2.75, 3.05) is 12.4 Å². The molecule has 0 aliphatic heterocycles. The van der Waals surface area contributed by atoms with E-state index in [4.69, 9.17) is 4.74 Å². The first-order chi connectivity index (χ1) is 8.69. The Balaban J connectivity index is 2.05. The van der Waals surface area contributed by atoms with Crippen LogP contribution in [0.5, 0.6) is 5.75 Å². The Morgan fingerprint density at radius 3 is 2.39 bits per heavy atom. The van der Waals surface area contributed by atoms with Crippen LogP contribution in [0, 0.1) is 6.92 Å². The molecule has 0 saturated carbocycles. The number of anilines is 1. The molecule has 94 valence electrons. The standard InChI is InChI=1S/C15H18N2O/c1-11-4-6-13(7-5-11)12(2)17-15-9-8-14(18-3)10-16-15/h4-10,12H,1-3H3,(H,16,17). The Labute approximate surface area is 108 Å². The second kappa shape index (κ2) is 5.54. The fraction of sp³-hybridized carbons (Fsp3) is 0.267. The van der Waals surface area contributed by atoms with Gasteiger partial charge in [-0.25, -0.2) is 4.98 Å². The van der Waals surface area contributed by atoms with Gasteiger partial charge in [0.2, 0.25) is 0 Å². The molecule has 2 aromatic rings. The maximum atomic E-state index is 5.08. The lowest BCUT2D eigenvalue weighted by Gasteiger charge is -2.15. The van der Waals surface area contributed by atoms with Crippen molar-refractivity contribution in [2.24, 2.45) is 0 Å². The van der Waals surface area contributed by atoms with Gasteiger partial charge < -0.3 is 10.1 Å². The van der Waals surface area contributed by atoms with Crippen LogP contribution in [0.15, 0.2) is 42.6 Å². The normalized spacial score (nSPS) is 11.9. The monoisotopic (exact) mass is 242 g/mol. The summed E-state index contributed by atoms with van der Waals surface area (Å²) >= 11 is 0. The summed E-state index contributed by atoms with van der Waals surface area (Å²) in [6.07, 6.45) is 1.71. The number of hydrogen-bond donors (Lipinski definition) is 1. The number of ether oxygens (including phenoxy) is 1. The highest BCUT2D eigenvalue weighted by Crippen LogP contribution is 2.19. The highest BCUT2D eigenvalue weighted by atomic mass is 16.5. The Bertz CT molecular complexity index is 491. The zero-order valence-electron chi connectivity index (χ0n) is 11.0. The van der Waals surface area contributed by atoms with E-state index >= 15 is 0 Å². The zero-order valence-corrected chi connectivity index (χ0v) is 11.0. The van der Waals surface area contributed by atoms with Crippen molar-refractivity contribution in [3.05, 3.63) is 53.7 Å². The highest BCUT2D eigenvalue weighted by molar-refractivity contribution is 5.40. The zero-order chi connectivity index (χ0) is 13.0. The van der Waals surface area contributed by atoms with Gasteiger partial charge >= 0.3 is 0 Å². The van der Waals surface area contributed by atoms with Gasteiger partial charge in [-0.2, -0.15) is 0 Å². The number of aryl methyl sites for hydroxylation is 1. The molecule has 1 heterocycles. The largest absolute Gasteiger partial charge is 0.495 e. The quantitative estimate of drug-likeness (QED) is 0.890. The van der Waals surface area contributed by atoms with E-state index in [1.165, 1.54) is 11.1 Å². The molecule has 0 saturated heterocycles. The number of pyridine rings is 1. The highest BCUT2D eigenvalue weighted by Gasteiger charge is 2.05. The van der Waals surface area contributed by atoms with Crippen molar-refractivity contribution in [2.45, 2.75) is 19.9 Å². The van der Waals surface area contributed by atoms with Gasteiger partial charge in [-0.3, -0.25) is 0 Å². The smallest absolute Gasteiger partial charge is 0.137 e. The lowest BCUT2D eigenvalue weighted by atomic mass is 10.1. The SMILES string of the molecule is COc1ccc(NC(C)c2ccc(C)cc2)nc1. The van der Waals surface area contributed by atoms with Crippen LogP contribution < -0.4 is 10.1 Å². The molecule has 0 aliphatic rings. The van der Waals surface area contributed by atoms with Gasteiger partial charge in [-0.1, -0.05) is 29.8 Å². The van der Waals surface area contributed by atoms with Crippen LogP contribution in [0.3, 0.4) is 0 Å². The Kier molecular flexibility index (Phi) is 3.82. The Morgan fingerprint density at radius 1 is 1.11 bits per heavy atom. The van der Waals surface area contributed by atoms with Crippen LogP contribution in [0.1, 0.15) is 24.1 Å². The molecule has 3 nitrogen and oxygen atoms in total. The molecular formula is C15H18N2O. The predicted molar refractivity (Wildman–Crippen MR) is 74.0 cm³/mol. The molecule has 0 spiro atoms. The molecule has 0 amide bonds. The number of nitrogens with one attached hydrogen (secondary N) is 1. The molecular weight excluding hydrogens is 224 g/mol. The predicted octanol–water partition coefficient (Wildman–Crippen LogP) is 3.57. The summed E-state index contributed by atoms with van der Waals surface area (Å²) in [6.45, 7) is 4.21. The third-order valence-corrected chi connectivity index (χ3v) is 2.91. The average molecular weight is 242 g/mol. The maximum absolute atomic E-state index is 5.08.